The van der Waals surface area contributed by atoms with Crippen LogP contribution in [0.15, 0.2) is 60.7 Å². The van der Waals surface area contributed by atoms with Crippen LogP contribution in [0.2, 0.25) is 0 Å². The molecule has 0 saturated carbocycles. The molecule has 1 fully saturated rings. The molecule has 1 heterocycles. The van der Waals surface area contributed by atoms with Gasteiger partial charge in [0.05, 0.1) is 26.3 Å². The van der Waals surface area contributed by atoms with Crippen molar-refractivity contribution in [1.82, 2.24) is 90.4 Å². The third-order valence-corrected chi connectivity index (χ3v) is 20.2. The van der Waals surface area contributed by atoms with E-state index >= 15 is 9.59 Å². The van der Waals surface area contributed by atoms with Crippen LogP contribution in [0.4, 0.5) is 0 Å². The van der Waals surface area contributed by atoms with E-state index in [0.717, 1.165) is 21.6 Å². The van der Waals surface area contributed by atoms with E-state index in [1.54, 1.807) is 88.4 Å². The second-order valence-electron chi connectivity index (χ2n) is 27.0. The minimum atomic E-state index is -1.82. The van der Waals surface area contributed by atoms with E-state index in [9.17, 15) is 77.6 Å². The molecule has 14 amide bonds. The molecule has 0 radical (unpaired) electrons. The summed E-state index contributed by atoms with van der Waals surface area (Å²) >= 11 is 0. The monoisotopic (exact) mass is 1640 g/mol. The van der Waals surface area contributed by atoms with Gasteiger partial charge in [-0.1, -0.05) is 123 Å². The lowest BCUT2D eigenvalue weighted by Gasteiger charge is -2.30. The van der Waals surface area contributed by atoms with Gasteiger partial charge in [-0.15, -0.1) is 0 Å². The predicted molar refractivity (Wildman–Crippen MR) is 422 cm³/mol. The zero-order chi connectivity index (χ0) is 85.1. The lowest BCUT2D eigenvalue weighted by atomic mass is 9.96. The second-order valence-corrected chi connectivity index (χ2v) is 29.5. The molecule has 44 heteroatoms. The van der Waals surface area contributed by atoms with Crippen LogP contribution < -0.4 is 113 Å². The van der Waals surface area contributed by atoms with E-state index in [1.807, 2.05) is 0 Å². The number of amides is 14. The first-order valence-electron chi connectivity index (χ1n) is 37.0. The van der Waals surface area contributed by atoms with Crippen LogP contribution >= 0.6 is 21.6 Å². The van der Waals surface area contributed by atoms with Crippen molar-refractivity contribution in [2.75, 3.05) is 57.4 Å². The molecule has 114 heavy (non-hydrogen) atoms. The Morgan fingerprint density at radius 1 is 0.509 bits per heavy atom. The fraction of sp³-hybridized carbons (Fsp3) is 0.571. The number of aliphatic carboxylic acids is 1. The number of carboxylic acid groups (broad SMARTS) is 1. The van der Waals surface area contributed by atoms with Gasteiger partial charge in [0, 0.05) is 44.0 Å². The largest absolute Gasteiger partial charge is 0.480 e. The number of carbonyl (C=O) groups excluding carboxylic acids is 14. The van der Waals surface area contributed by atoms with E-state index < -0.39 is 229 Å². The molecule has 15 atom stereocenters. The minimum Gasteiger partial charge on any atom is -0.480 e. The number of rotatable bonds is 31. The van der Waals surface area contributed by atoms with Gasteiger partial charge in [-0.2, -0.15) is 0 Å². The third-order valence-electron chi connectivity index (χ3n) is 17.8. The van der Waals surface area contributed by atoms with Crippen molar-refractivity contribution < 1.29 is 87.2 Å². The number of hydrogen-bond acceptors (Lipinski definition) is 23. The van der Waals surface area contributed by atoms with Gasteiger partial charge in [-0.05, 0) is 75.3 Å². The molecule has 2 unspecified atom stereocenters. The number of benzene rings is 2. The van der Waals surface area contributed by atoms with Crippen LogP contribution in [0.3, 0.4) is 0 Å². The zero-order valence-electron chi connectivity index (χ0n) is 64.5. The Kier molecular flexibility index (Phi) is 43.9. The summed E-state index contributed by atoms with van der Waals surface area (Å²) in [6.07, 6.45) is -0.293. The van der Waals surface area contributed by atoms with Crippen molar-refractivity contribution in [2.24, 2.45) is 34.8 Å². The van der Waals surface area contributed by atoms with E-state index in [-0.39, 0.29) is 89.8 Å². The van der Waals surface area contributed by atoms with Crippen molar-refractivity contribution in [3.63, 3.8) is 0 Å². The van der Waals surface area contributed by atoms with Gasteiger partial charge in [0.15, 0.2) is 17.9 Å². The number of nitrogens with two attached hydrogens (primary N) is 4. The zero-order valence-corrected chi connectivity index (χ0v) is 66.1. The molecule has 632 valence electrons. The predicted octanol–water partition coefficient (Wildman–Crippen LogP) is -7.76. The first kappa shape index (κ1) is 97.1. The van der Waals surface area contributed by atoms with Crippen LogP contribution in [0.25, 0.3) is 0 Å². The summed E-state index contributed by atoms with van der Waals surface area (Å²) in [5, 5.41) is 95.6. The van der Waals surface area contributed by atoms with Gasteiger partial charge in [0.25, 0.3) is 0 Å². The molecule has 1 saturated heterocycles. The maximum Gasteiger partial charge on any atom is 0.326 e. The molecule has 0 aliphatic carbocycles. The fourth-order valence-corrected chi connectivity index (χ4v) is 13.1. The molecule has 3 rings (SSSR count). The molecule has 1 aliphatic rings. The Morgan fingerprint density at radius 2 is 0.982 bits per heavy atom. The molecule has 42 nitrogen and oxygen atoms in total. The molecule has 0 bridgehead atoms. The van der Waals surface area contributed by atoms with Crippen molar-refractivity contribution in [3.05, 3.63) is 71.8 Å². The fourth-order valence-electron chi connectivity index (χ4n) is 10.8. The second kappa shape index (κ2) is 51.5. The van der Waals surface area contributed by atoms with Gasteiger partial charge >= 0.3 is 5.97 Å². The highest BCUT2D eigenvalue weighted by Crippen LogP contribution is 2.24. The maximum absolute atomic E-state index is 15.1. The SMILES string of the molecule is CC[C@H](C)C1NC(=O)[C@H](CCCNC(=N)N)NC(=O)[C@H](C)NC(=O)[C@H]([C@@H](C)CC)NC(=O)C(CCCNC(=N)N)NC(=O)CNC(=O)CNC(=O)[C@H](Cc2ccccc2)NC(=O)[C@@H](C)NC(=O)[C@@H](NC(=O)[C@H](CO)NC(=O)[C@@H](N)CO)CSSC[C@@H](C(=O)N[C@@H](Cc2ccccc2)C(=O)N[C@@H](CCCNC(=N)N)C(=O)O)NC1=O. The van der Waals surface area contributed by atoms with E-state index in [1.165, 1.54) is 13.8 Å². The van der Waals surface area contributed by atoms with Gasteiger partial charge in [-0.25, -0.2) is 4.79 Å². The lowest BCUT2D eigenvalue weighted by Crippen LogP contribution is -2.61. The van der Waals surface area contributed by atoms with Gasteiger partial charge in [0.2, 0.25) is 82.7 Å². The highest BCUT2D eigenvalue weighted by molar-refractivity contribution is 8.76. The van der Waals surface area contributed by atoms with Crippen LogP contribution in [-0.2, 0) is 84.8 Å². The number of nitrogens with one attached hydrogen (secondary N) is 20. The molecule has 31 N–H and O–H groups in total. The minimum absolute atomic E-state index is 0.00680. The standard InChI is InChI=1S/C70H112N24O18S2/c1-7-36(3)53-65(109)84-39(6)55(99)86-44(23-16-26-79-69(74)75)60(104)94-54(37(4)8-2)66(110)92-50(64(108)89-47(29-41-20-13-10-14-21-41)61(105)87-45(67(111)112)24-17-27-80-70(76)77)35-114-113-34-49(91-62(106)48(33-96)90-57(101)42(71)32-95)63(107)83-38(5)56(100)88-46(28-40-18-11-9-12-19-40)58(102)82-30-51(97)81-31-52(98)85-43(59(103)93-53)22-15-25-78-68(72)73/h9-14,18-21,36-39,42-50,53-54,95-96H,7-8,15-17,22-35,71H2,1-6H3,(H,81,97)(H,82,102)(H,83,107)(H,84,109)(H,85,98)(H,86,99)(H,87,105)(H,88,100)(H,89,108)(H,90,101)(H,91,106)(H,92,110)(H,93,103)(H,94,104)(H,111,112)(H4,72,73,78)(H4,74,75,79)(H4,76,77,80)/t36-,37-,38+,39-,42-,43?,44-,45-,46-,47-,48-,49-,50-,53-,54?/m0/s1. The van der Waals surface area contributed by atoms with Crippen LogP contribution in [0.1, 0.15) is 104 Å². The average Bonchev–Trinajstić information content (AvgIpc) is 0.855. The summed E-state index contributed by atoms with van der Waals surface area (Å²) in [7, 11) is 1.54. The van der Waals surface area contributed by atoms with Crippen molar-refractivity contribution in [2.45, 2.75) is 184 Å². The number of aliphatic hydroxyl groups is 2. The average molecular weight is 1640 g/mol. The Labute approximate surface area is 667 Å². The molecule has 1 aliphatic heterocycles. The Morgan fingerprint density at radius 3 is 1.49 bits per heavy atom. The summed E-state index contributed by atoms with van der Waals surface area (Å²) < 4.78 is 0. The molecule has 0 aromatic heterocycles. The molecule has 2 aromatic rings. The molecular formula is C70H112N24O18S2. The first-order chi connectivity index (χ1) is 54.0. The normalized spacial score (nSPS) is 22.2. The summed E-state index contributed by atoms with van der Waals surface area (Å²) in [6, 6.07) is -4.06. The number of carbonyl (C=O) groups is 15. The quantitative estimate of drug-likeness (QED) is 0.0144. The first-order valence-corrected chi connectivity index (χ1v) is 39.5. The summed E-state index contributed by atoms with van der Waals surface area (Å²) in [6.45, 7) is 5.64. The molecule has 2 aromatic carbocycles. The topological polar surface area (TPSA) is 697 Å². The van der Waals surface area contributed by atoms with Gasteiger partial charge in [0.1, 0.15) is 78.5 Å². The Bertz CT molecular complexity index is 3610. The van der Waals surface area contributed by atoms with Crippen LogP contribution in [0, 0.1) is 28.1 Å². The van der Waals surface area contributed by atoms with Crippen molar-refractivity contribution in [1.29, 1.82) is 16.2 Å². The smallest absolute Gasteiger partial charge is 0.326 e. The highest BCUT2D eigenvalue weighted by Gasteiger charge is 2.38. The number of carboxylic acids is 1. The van der Waals surface area contributed by atoms with Gasteiger partial charge < -0.3 is 129 Å². The van der Waals surface area contributed by atoms with E-state index in [4.69, 9.17) is 39.2 Å². The number of aliphatic hydroxyl groups excluding tert-OH is 2. The van der Waals surface area contributed by atoms with Crippen molar-refractivity contribution >= 4 is 128 Å². The van der Waals surface area contributed by atoms with E-state index in [2.05, 4.69) is 90.4 Å². The maximum atomic E-state index is 15.1. The number of guanidine groups is 3. The number of hydrogen-bond donors (Lipinski definition) is 27. The van der Waals surface area contributed by atoms with Crippen molar-refractivity contribution in [3.8, 4) is 0 Å². The van der Waals surface area contributed by atoms with Crippen LogP contribution in [-0.4, -0.2) is 258 Å². The third kappa shape index (κ3) is 36.1. The molecule has 0 spiro atoms. The van der Waals surface area contributed by atoms with Crippen LogP contribution in [0.5, 0.6) is 0 Å². The highest BCUT2D eigenvalue weighted by atomic mass is 33.1. The van der Waals surface area contributed by atoms with E-state index in [0.29, 0.717) is 11.1 Å². The lowest BCUT2D eigenvalue weighted by molar-refractivity contribution is -0.142. The summed E-state index contributed by atoms with van der Waals surface area (Å²) in [5.41, 5.74) is 23.1. The molecular weight excluding hydrogens is 1530 g/mol. The Hall–Kier alpha value is -11.1. The summed E-state index contributed by atoms with van der Waals surface area (Å²) in [5.74, 6) is -19.1. The Balaban J connectivity index is 2.33. The van der Waals surface area contributed by atoms with Gasteiger partial charge in [-0.3, -0.25) is 83.4 Å². The summed E-state index contributed by atoms with van der Waals surface area (Å²) in [4.78, 5) is 212.